The Bertz CT molecular complexity index is 1510. The number of hydrogen-bond acceptors (Lipinski definition) is 4. The Morgan fingerprint density at radius 3 is 1.90 bits per heavy atom. The van der Waals surface area contributed by atoms with Crippen molar-refractivity contribution in [2.75, 3.05) is 16.8 Å². The van der Waals surface area contributed by atoms with Crippen molar-refractivity contribution in [3.63, 3.8) is 0 Å². The highest BCUT2D eigenvalue weighted by Gasteiger charge is 2.41. The van der Waals surface area contributed by atoms with Crippen molar-refractivity contribution >= 4 is 85.7 Å². The predicted molar refractivity (Wildman–Crippen MR) is 181 cm³/mol. The van der Waals surface area contributed by atoms with E-state index < -0.39 is 6.04 Å². The van der Waals surface area contributed by atoms with Gasteiger partial charge in [-0.1, -0.05) is 47.5 Å². The molecule has 0 bridgehead atoms. The molecular weight excluding hydrogens is 769 g/mol. The molecule has 40 heavy (non-hydrogen) atoms. The summed E-state index contributed by atoms with van der Waals surface area (Å²) in [7, 11) is 0. The fourth-order valence-electron chi connectivity index (χ4n) is 5.03. The average molecular weight is 795 g/mol. The van der Waals surface area contributed by atoms with Crippen molar-refractivity contribution in [1.29, 1.82) is 0 Å². The molecule has 2 unspecified atom stereocenters. The topological polar surface area (TPSA) is 41.6 Å². The van der Waals surface area contributed by atoms with Gasteiger partial charge in [0.2, 0.25) is 0 Å². The third-order valence-corrected chi connectivity index (χ3v) is 8.75. The molecule has 4 nitrogen and oxygen atoms in total. The fourth-order valence-corrected chi connectivity index (χ4v) is 6.00. The Kier molecular flexibility index (Phi) is 9.60. The minimum Gasteiger partial charge on any atom is -0.463 e. The highest BCUT2D eigenvalue weighted by atomic mass is 127. The molecule has 5 rings (SSSR count). The van der Waals surface area contributed by atoms with E-state index in [-0.39, 0.29) is 18.6 Å². The molecule has 2 atom stereocenters. The van der Waals surface area contributed by atoms with Gasteiger partial charge >= 0.3 is 5.97 Å². The Labute approximate surface area is 272 Å². The first kappa shape index (κ1) is 29.2. The summed E-state index contributed by atoms with van der Waals surface area (Å²) in [5.41, 5.74) is 5.34. The molecule has 1 aliphatic rings. The van der Waals surface area contributed by atoms with Crippen molar-refractivity contribution < 1.29 is 9.53 Å². The molecule has 0 saturated carbocycles. The number of benzene rings is 4. The van der Waals surface area contributed by atoms with Gasteiger partial charge in [0.1, 0.15) is 0 Å². The summed E-state index contributed by atoms with van der Waals surface area (Å²) in [5.74, 6) is -0.345. The van der Waals surface area contributed by atoms with Gasteiger partial charge in [0.15, 0.2) is 0 Å². The van der Waals surface area contributed by atoms with E-state index >= 15 is 0 Å². The number of esters is 1. The number of nitrogens with zero attached hydrogens (tertiary/aromatic N) is 1. The summed E-state index contributed by atoms with van der Waals surface area (Å²) in [6.45, 7) is 2.11. The van der Waals surface area contributed by atoms with E-state index in [2.05, 4.69) is 104 Å². The molecule has 0 aliphatic carbocycles. The molecule has 1 aliphatic heterocycles. The molecule has 1 N–H and O–H groups in total. The Morgan fingerprint density at radius 2 is 1.35 bits per heavy atom. The summed E-state index contributed by atoms with van der Waals surface area (Å²) < 4.78 is 7.97. The number of carbonyl (C=O) groups excluding carboxylic acids is 1. The smallest absolute Gasteiger partial charge is 0.338 e. The van der Waals surface area contributed by atoms with Crippen LogP contribution in [0.3, 0.4) is 0 Å². The second-order valence-electron chi connectivity index (χ2n) is 9.35. The van der Waals surface area contributed by atoms with Crippen LogP contribution in [0.4, 0.5) is 11.4 Å². The molecule has 204 valence electrons. The van der Waals surface area contributed by atoms with E-state index in [9.17, 15) is 4.79 Å². The maximum Gasteiger partial charge on any atom is 0.338 e. The Balaban J connectivity index is 1.77. The maximum absolute atomic E-state index is 13.8. The van der Waals surface area contributed by atoms with Crippen LogP contribution in [0.25, 0.3) is 0 Å². The van der Waals surface area contributed by atoms with Crippen molar-refractivity contribution in [1.82, 2.24) is 0 Å². The largest absolute Gasteiger partial charge is 0.463 e. The lowest BCUT2D eigenvalue weighted by molar-refractivity contribution is -0.139. The van der Waals surface area contributed by atoms with Gasteiger partial charge in [-0.15, -0.1) is 0 Å². The minimum atomic E-state index is -0.426. The standard InChI is InChI=1S/C32H26Cl2I2N2O2/c1-2-40-32(39)30-28(37-26-15-7-22(33)8-16-26)19-29(20-3-11-24(35)12-4-20)38(27-17-9-23(34)10-18-27)31(30)21-5-13-25(36)14-6-21/h3-18,29,31,37H,2,19H2,1H3. The van der Waals surface area contributed by atoms with E-state index in [4.69, 9.17) is 27.9 Å². The quantitative estimate of drug-likeness (QED) is 0.150. The minimum absolute atomic E-state index is 0.0876. The van der Waals surface area contributed by atoms with Crippen LogP contribution < -0.4 is 10.2 Å². The average Bonchev–Trinajstić information content (AvgIpc) is 2.95. The molecule has 8 heteroatoms. The molecule has 0 radical (unpaired) electrons. The normalized spacial score (nSPS) is 17.1. The second kappa shape index (κ2) is 13.1. The highest BCUT2D eigenvalue weighted by molar-refractivity contribution is 14.1. The van der Waals surface area contributed by atoms with Gasteiger partial charge in [-0.3, -0.25) is 0 Å². The second-order valence-corrected chi connectivity index (χ2v) is 12.7. The molecular formula is C32H26Cl2I2N2O2. The highest BCUT2D eigenvalue weighted by Crippen LogP contribution is 2.48. The number of rotatable bonds is 7. The van der Waals surface area contributed by atoms with Gasteiger partial charge in [0.25, 0.3) is 0 Å². The van der Waals surface area contributed by atoms with Gasteiger partial charge in [-0.2, -0.15) is 0 Å². The molecule has 4 aromatic rings. The third kappa shape index (κ3) is 6.61. The third-order valence-electron chi connectivity index (χ3n) is 6.81. The van der Waals surface area contributed by atoms with E-state index in [1.165, 1.54) is 0 Å². The van der Waals surface area contributed by atoms with Crippen LogP contribution in [-0.4, -0.2) is 12.6 Å². The summed E-state index contributed by atoms with van der Waals surface area (Å²) in [4.78, 5) is 16.2. The number of carbonyl (C=O) groups is 1. The monoisotopic (exact) mass is 794 g/mol. The summed E-state index contributed by atoms with van der Waals surface area (Å²) in [6.07, 6.45) is 0.556. The van der Waals surface area contributed by atoms with E-state index in [0.717, 1.165) is 35.3 Å². The first-order valence-corrected chi connectivity index (χ1v) is 15.7. The fraction of sp³-hybridized carbons (Fsp3) is 0.156. The Hall–Kier alpha value is -2.27. The van der Waals surface area contributed by atoms with Gasteiger partial charge in [0, 0.05) is 40.7 Å². The van der Waals surface area contributed by atoms with Crippen LogP contribution in [0.2, 0.25) is 10.0 Å². The van der Waals surface area contributed by atoms with Gasteiger partial charge in [-0.25, -0.2) is 4.79 Å². The van der Waals surface area contributed by atoms with Crippen LogP contribution in [-0.2, 0) is 9.53 Å². The zero-order valence-corrected chi connectivity index (χ0v) is 27.4. The van der Waals surface area contributed by atoms with Crippen LogP contribution in [0, 0.1) is 7.14 Å². The number of nitrogens with one attached hydrogen (secondary N) is 1. The lowest BCUT2D eigenvalue weighted by atomic mass is 9.84. The van der Waals surface area contributed by atoms with Crippen molar-refractivity contribution in [3.8, 4) is 0 Å². The zero-order chi connectivity index (χ0) is 28.2. The Morgan fingerprint density at radius 1 is 0.825 bits per heavy atom. The molecule has 0 aromatic heterocycles. The number of anilines is 2. The van der Waals surface area contributed by atoms with Crippen LogP contribution >= 0.6 is 68.4 Å². The van der Waals surface area contributed by atoms with Crippen molar-refractivity contribution in [3.05, 3.63) is 137 Å². The van der Waals surface area contributed by atoms with E-state index in [1.807, 2.05) is 55.5 Å². The molecule has 1 heterocycles. The van der Waals surface area contributed by atoms with E-state index in [1.54, 1.807) is 0 Å². The van der Waals surface area contributed by atoms with Crippen molar-refractivity contribution in [2.45, 2.75) is 25.4 Å². The molecule has 0 amide bonds. The predicted octanol–water partition coefficient (Wildman–Crippen LogP) is 9.82. The molecule has 0 fully saturated rings. The van der Waals surface area contributed by atoms with Gasteiger partial charge in [-0.05, 0) is 136 Å². The van der Waals surface area contributed by atoms with Crippen molar-refractivity contribution in [2.24, 2.45) is 0 Å². The first-order chi connectivity index (χ1) is 19.3. The van der Waals surface area contributed by atoms with Crippen LogP contribution in [0.15, 0.2) is 108 Å². The van der Waals surface area contributed by atoms with Gasteiger partial charge in [0.05, 0.1) is 24.3 Å². The SMILES string of the molecule is CCOC(=O)C1=C(Nc2ccc(Cl)cc2)CC(c2ccc(I)cc2)N(c2ccc(Cl)cc2)C1c1ccc(I)cc1. The summed E-state index contributed by atoms with van der Waals surface area (Å²) >= 11 is 17.1. The van der Waals surface area contributed by atoms with Crippen LogP contribution in [0.5, 0.6) is 0 Å². The lowest BCUT2D eigenvalue weighted by Gasteiger charge is -2.46. The van der Waals surface area contributed by atoms with Gasteiger partial charge < -0.3 is 15.0 Å². The zero-order valence-electron chi connectivity index (χ0n) is 21.6. The number of ether oxygens (including phenoxy) is 1. The lowest BCUT2D eigenvalue weighted by Crippen LogP contribution is -2.41. The molecule has 0 spiro atoms. The molecule has 4 aromatic carbocycles. The maximum atomic E-state index is 13.8. The first-order valence-electron chi connectivity index (χ1n) is 12.8. The van der Waals surface area contributed by atoms with Crippen LogP contribution in [0.1, 0.15) is 36.6 Å². The molecule has 0 saturated heterocycles. The number of hydrogen-bond donors (Lipinski definition) is 1. The van der Waals surface area contributed by atoms with E-state index in [0.29, 0.717) is 22.0 Å². The number of halogens is 4. The summed E-state index contributed by atoms with van der Waals surface area (Å²) in [5, 5.41) is 4.88. The summed E-state index contributed by atoms with van der Waals surface area (Å²) in [6, 6.07) is 31.7.